The Labute approximate surface area is 157 Å². The van der Waals surface area contributed by atoms with Crippen LogP contribution >= 0.6 is 0 Å². The lowest BCUT2D eigenvalue weighted by molar-refractivity contribution is -0.132. The zero-order valence-corrected chi connectivity index (χ0v) is 15.1. The second kappa shape index (κ2) is 7.90. The maximum absolute atomic E-state index is 12.6. The fourth-order valence-corrected chi connectivity index (χ4v) is 3.42. The Morgan fingerprint density at radius 1 is 1.04 bits per heavy atom. The second-order valence-corrected chi connectivity index (χ2v) is 6.50. The number of rotatable bonds is 4. The first kappa shape index (κ1) is 18.4. The van der Waals surface area contributed by atoms with E-state index >= 15 is 0 Å². The molecule has 3 rings (SSSR count). The van der Waals surface area contributed by atoms with Crippen molar-refractivity contribution in [3.05, 3.63) is 59.7 Å². The molecule has 2 aromatic rings. The van der Waals surface area contributed by atoms with E-state index in [9.17, 15) is 14.4 Å². The molecule has 27 heavy (non-hydrogen) atoms. The van der Waals surface area contributed by atoms with Gasteiger partial charge in [-0.15, -0.1) is 0 Å². The number of benzene rings is 2. The van der Waals surface area contributed by atoms with Crippen LogP contribution < -0.4 is 16.4 Å². The number of primary amides is 1. The molecule has 7 nitrogen and oxygen atoms in total. The quantitative estimate of drug-likeness (QED) is 0.775. The minimum absolute atomic E-state index is 0.0378. The molecule has 0 bridgehead atoms. The van der Waals surface area contributed by atoms with Crippen LogP contribution in [0.25, 0.3) is 0 Å². The molecule has 1 aliphatic heterocycles. The van der Waals surface area contributed by atoms with Crippen LogP contribution in [-0.2, 0) is 16.0 Å². The molecule has 0 saturated heterocycles. The summed E-state index contributed by atoms with van der Waals surface area (Å²) in [6.45, 7) is 2.14. The molecule has 1 atom stereocenters. The summed E-state index contributed by atoms with van der Waals surface area (Å²) >= 11 is 0. The van der Waals surface area contributed by atoms with Crippen molar-refractivity contribution in [2.24, 2.45) is 5.73 Å². The van der Waals surface area contributed by atoms with E-state index in [-0.39, 0.29) is 24.3 Å². The zero-order valence-electron chi connectivity index (χ0n) is 15.1. The summed E-state index contributed by atoms with van der Waals surface area (Å²) < 4.78 is 0. The molecule has 1 heterocycles. The average Bonchev–Trinajstić information content (AvgIpc) is 2.63. The van der Waals surface area contributed by atoms with Crippen molar-refractivity contribution in [1.82, 2.24) is 4.90 Å². The maximum atomic E-state index is 12.6. The number of nitrogens with one attached hydrogen (secondary N) is 2. The fourth-order valence-electron chi connectivity index (χ4n) is 3.42. The first-order valence-corrected chi connectivity index (χ1v) is 8.75. The Kier molecular flexibility index (Phi) is 5.40. The number of urea groups is 1. The van der Waals surface area contributed by atoms with E-state index in [4.69, 9.17) is 5.73 Å². The minimum Gasteiger partial charge on any atom is -0.351 e. The normalized spacial score (nSPS) is 15.6. The van der Waals surface area contributed by atoms with Gasteiger partial charge in [0.2, 0.25) is 11.8 Å². The van der Waals surface area contributed by atoms with E-state index < -0.39 is 6.03 Å². The topological polar surface area (TPSA) is 105 Å². The third-order valence-corrected chi connectivity index (χ3v) is 4.63. The summed E-state index contributed by atoms with van der Waals surface area (Å²) in [4.78, 5) is 37.2. The molecular weight excluding hydrogens is 344 g/mol. The molecule has 7 heteroatoms. The predicted molar refractivity (Wildman–Crippen MR) is 103 cm³/mol. The number of amides is 4. The Hall–Kier alpha value is -3.35. The Balaban J connectivity index is 1.72. The zero-order chi connectivity index (χ0) is 19.4. The maximum Gasteiger partial charge on any atom is 0.316 e. The van der Waals surface area contributed by atoms with Crippen molar-refractivity contribution in [1.29, 1.82) is 0 Å². The number of nitrogens with two attached hydrogens (primary N) is 1. The van der Waals surface area contributed by atoms with E-state index in [1.54, 1.807) is 29.2 Å². The lowest BCUT2D eigenvalue weighted by atomic mass is 9.90. The summed E-state index contributed by atoms with van der Waals surface area (Å²) in [6, 6.07) is 13.7. The van der Waals surface area contributed by atoms with Gasteiger partial charge in [-0.05, 0) is 41.8 Å². The summed E-state index contributed by atoms with van der Waals surface area (Å²) in [5.41, 5.74) is 8.42. The van der Waals surface area contributed by atoms with Gasteiger partial charge in [0.1, 0.15) is 0 Å². The molecule has 2 aromatic carbocycles. The lowest BCUT2D eigenvalue weighted by Gasteiger charge is -2.36. The number of fused-ring (bicyclic) bond motifs is 1. The van der Waals surface area contributed by atoms with Gasteiger partial charge in [0, 0.05) is 24.8 Å². The highest BCUT2D eigenvalue weighted by Gasteiger charge is 2.30. The highest BCUT2D eigenvalue weighted by atomic mass is 16.2. The van der Waals surface area contributed by atoms with Crippen LogP contribution in [0.2, 0.25) is 0 Å². The third kappa shape index (κ3) is 4.44. The first-order chi connectivity index (χ1) is 12.9. The summed E-state index contributed by atoms with van der Waals surface area (Å²) in [6.07, 6.45) is 0.972. The largest absolute Gasteiger partial charge is 0.351 e. The van der Waals surface area contributed by atoms with Crippen LogP contribution in [0.3, 0.4) is 0 Å². The SMILES string of the molecule is CC(=O)N1CCc2ccccc2C1CC(=O)Nc1ccc(NC(N)=O)cc1. The summed E-state index contributed by atoms with van der Waals surface area (Å²) in [5, 5.41) is 5.30. The van der Waals surface area contributed by atoms with Crippen LogP contribution in [0.15, 0.2) is 48.5 Å². The van der Waals surface area contributed by atoms with Crippen molar-refractivity contribution in [3.8, 4) is 0 Å². The van der Waals surface area contributed by atoms with Crippen LogP contribution in [0.1, 0.15) is 30.5 Å². The number of nitrogens with zero attached hydrogens (tertiary/aromatic N) is 1. The van der Waals surface area contributed by atoms with Gasteiger partial charge in [-0.25, -0.2) is 4.79 Å². The summed E-state index contributed by atoms with van der Waals surface area (Å²) in [7, 11) is 0. The molecule has 1 unspecified atom stereocenters. The molecule has 0 saturated carbocycles. The van der Waals surface area contributed by atoms with Crippen molar-refractivity contribution >= 4 is 29.2 Å². The Morgan fingerprint density at radius 3 is 2.30 bits per heavy atom. The van der Waals surface area contributed by atoms with E-state index in [1.165, 1.54) is 12.5 Å². The molecule has 0 aromatic heterocycles. The number of anilines is 2. The Bertz CT molecular complexity index is 864. The van der Waals surface area contributed by atoms with Crippen molar-refractivity contribution in [3.63, 3.8) is 0 Å². The number of carbonyl (C=O) groups excluding carboxylic acids is 3. The number of hydrogen-bond acceptors (Lipinski definition) is 3. The van der Waals surface area contributed by atoms with Crippen LogP contribution in [0.5, 0.6) is 0 Å². The second-order valence-electron chi connectivity index (χ2n) is 6.50. The molecule has 0 aliphatic carbocycles. The van der Waals surface area contributed by atoms with Gasteiger partial charge >= 0.3 is 6.03 Å². The highest BCUT2D eigenvalue weighted by Crippen LogP contribution is 2.32. The molecule has 4 amide bonds. The number of carbonyl (C=O) groups is 3. The van der Waals surface area contributed by atoms with Gasteiger partial charge < -0.3 is 21.3 Å². The van der Waals surface area contributed by atoms with E-state index in [0.29, 0.717) is 17.9 Å². The van der Waals surface area contributed by atoms with Gasteiger partial charge in [-0.1, -0.05) is 24.3 Å². The van der Waals surface area contributed by atoms with E-state index in [0.717, 1.165) is 12.0 Å². The number of hydrogen-bond donors (Lipinski definition) is 3. The van der Waals surface area contributed by atoms with E-state index in [1.807, 2.05) is 24.3 Å². The molecule has 140 valence electrons. The minimum atomic E-state index is -0.646. The molecule has 4 N–H and O–H groups in total. The lowest BCUT2D eigenvalue weighted by Crippen LogP contribution is -2.40. The van der Waals surface area contributed by atoms with Crippen LogP contribution in [0, 0.1) is 0 Å². The third-order valence-electron chi connectivity index (χ3n) is 4.63. The molecular formula is C20H22N4O3. The average molecular weight is 366 g/mol. The van der Waals surface area contributed by atoms with Gasteiger partial charge in [-0.3, -0.25) is 9.59 Å². The van der Waals surface area contributed by atoms with Gasteiger partial charge in [0.25, 0.3) is 0 Å². The highest BCUT2D eigenvalue weighted by molar-refractivity contribution is 5.92. The van der Waals surface area contributed by atoms with Crippen LogP contribution in [-0.4, -0.2) is 29.3 Å². The molecule has 0 spiro atoms. The smallest absolute Gasteiger partial charge is 0.316 e. The molecule has 1 aliphatic rings. The van der Waals surface area contributed by atoms with Crippen molar-refractivity contribution < 1.29 is 14.4 Å². The van der Waals surface area contributed by atoms with Gasteiger partial charge in [0.15, 0.2) is 0 Å². The molecule has 0 fully saturated rings. The fraction of sp³-hybridized carbons (Fsp3) is 0.250. The van der Waals surface area contributed by atoms with Crippen molar-refractivity contribution in [2.45, 2.75) is 25.8 Å². The predicted octanol–water partition coefficient (Wildman–Crippen LogP) is 2.65. The van der Waals surface area contributed by atoms with Gasteiger partial charge in [0.05, 0.1) is 12.5 Å². The first-order valence-electron chi connectivity index (χ1n) is 8.75. The van der Waals surface area contributed by atoms with Gasteiger partial charge in [-0.2, -0.15) is 0 Å². The van der Waals surface area contributed by atoms with E-state index in [2.05, 4.69) is 10.6 Å². The van der Waals surface area contributed by atoms with Crippen molar-refractivity contribution in [2.75, 3.05) is 17.2 Å². The molecule has 0 radical (unpaired) electrons. The standard InChI is InChI=1S/C20H22N4O3/c1-13(25)24-11-10-14-4-2-3-5-17(14)18(24)12-19(26)22-15-6-8-16(9-7-15)23-20(21)27/h2-9,18H,10-12H2,1H3,(H,22,26)(H3,21,23,27). The van der Waals surface area contributed by atoms with Crippen LogP contribution in [0.4, 0.5) is 16.2 Å². The summed E-state index contributed by atoms with van der Waals surface area (Å²) in [5.74, 6) is -0.220. The monoisotopic (exact) mass is 366 g/mol. The Morgan fingerprint density at radius 2 is 1.67 bits per heavy atom.